The summed E-state index contributed by atoms with van der Waals surface area (Å²) in [4.78, 5) is 23.6. The van der Waals surface area contributed by atoms with Gasteiger partial charge in [0.2, 0.25) is 0 Å². The molecule has 0 radical (unpaired) electrons. The van der Waals surface area contributed by atoms with Crippen LogP contribution >= 0.6 is 43.6 Å². The molecule has 0 unspecified atom stereocenters. The lowest BCUT2D eigenvalue weighted by Crippen LogP contribution is -2.25. The molecule has 0 saturated carbocycles. The normalized spacial score (nSPS) is 10.8. The molecule has 1 amide bonds. The summed E-state index contributed by atoms with van der Waals surface area (Å²) in [6.07, 6.45) is 0. The number of nitro groups is 1. The summed E-state index contributed by atoms with van der Waals surface area (Å²) in [5.41, 5.74) is 2.46. The van der Waals surface area contributed by atoms with E-state index in [-0.39, 0.29) is 17.8 Å². The maximum atomic E-state index is 12.8. The number of halogens is 2. The minimum absolute atomic E-state index is 0.0951. The third kappa shape index (κ3) is 5.98. The molecule has 178 valence electrons. The van der Waals surface area contributed by atoms with Crippen LogP contribution in [0.1, 0.15) is 27.3 Å². The zero-order chi connectivity index (χ0) is 24.9. The minimum Gasteiger partial charge on any atom is -0.345 e. The largest absolute Gasteiger partial charge is 0.345 e. The molecule has 4 aromatic rings. The fourth-order valence-electron chi connectivity index (χ4n) is 3.41. The van der Waals surface area contributed by atoms with Gasteiger partial charge in [-0.05, 0) is 55.0 Å². The smallest absolute Gasteiger partial charge is 0.273 e. The summed E-state index contributed by atoms with van der Waals surface area (Å²) >= 11 is 8.44. The average Bonchev–Trinajstić information content (AvgIpc) is 3.25. The average molecular weight is 617 g/mol. The number of nitrogens with one attached hydrogen (secondary N) is 1. The predicted molar refractivity (Wildman–Crippen MR) is 142 cm³/mol. The van der Waals surface area contributed by atoms with Crippen LogP contribution < -0.4 is 5.32 Å². The van der Waals surface area contributed by atoms with E-state index in [1.807, 2.05) is 53.1 Å². The van der Waals surface area contributed by atoms with Crippen molar-refractivity contribution in [3.8, 4) is 5.69 Å². The van der Waals surface area contributed by atoms with Crippen LogP contribution in [0.4, 0.5) is 5.69 Å². The van der Waals surface area contributed by atoms with E-state index in [1.54, 1.807) is 13.0 Å². The Morgan fingerprint density at radius 3 is 2.34 bits per heavy atom. The van der Waals surface area contributed by atoms with Crippen LogP contribution in [-0.2, 0) is 12.3 Å². The fourth-order valence-corrected chi connectivity index (χ4v) is 4.86. The second-order valence-corrected chi connectivity index (χ2v) is 10.3. The lowest BCUT2D eigenvalue weighted by molar-refractivity contribution is -0.385. The molecule has 1 N–H and O–H groups in total. The second-order valence-electron chi connectivity index (χ2n) is 7.52. The van der Waals surface area contributed by atoms with Crippen molar-refractivity contribution in [3.63, 3.8) is 0 Å². The first kappa shape index (κ1) is 25.1. The van der Waals surface area contributed by atoms with Crippen molar-refractivity contribution in [3.05, 3.63) is 108 Å². The number of nitro benzene ring substituents is 1. The highest BCUT2D eigenvalue weighted by Crippen LogP contribution is 2.27. The van der Waals surface area contributed by atoms with Gasteiger partial charge >= 0.3 is 0 Å². The van der Waals surface area contributed by atoms with Crippen molar-refractivity contribution in [2.24, 2.45) is 0 Å². The number of rotatable bonds is 8. The van der Waals surface area contributed by atoms with Crippen LogP contribution in [0.3, 0.4) is 0 Å². The summed E-state index contributed by atoms with van der Waals surface area (Å²) in [5.74, 6) is 0.823. The molecular formula is C24H19Br2N5O3S. The number of nitrogens with zero attached hydrogens (tertiary/aromatic N) is 4. The molecule has 0 atom stereocenters. The number of benzene rings is 3. The summed E-state index contributed by atoms with van der Waals surface area (Å²) in [6, 6.07) is 20.2. The van der Waals surface area contributed by atoms with Crippen LogP contribution in [0.2, 0.25) is 0 Å². The van der Waals surface area contributed by atoms with E-state index >= 15 is 0 Å². The topological polar surface area (TPSA) is 103 Å². The predicted octanol–water partition coefficient (Wildman–Crippen LogP) is 6.23. The first-order chi connectivity index (χ1) is 16.8. The van der Waals surface area contributed by atoms with Crippen molar-refractivity contribution in [1.82, 2.24) is 20.1 Å². The first-order valence-electron chi connectivity index (χ1n) is 10.4. The number of carbonyl (C=O) groups excluding carboxylic acids is 1. The Hall–Kier alpha value is -3.02. The summed E-state index contributed by atoms with van der Waals surface area (Å²) in [5, 5.41) is 23.4. The zero-order valence-electron chi connectivity index (χ0n) is 18.4. The van der Waals surface area contributed by atoms with Crippen LogP contribution in [-0.4, -0.2) is 25.6 Å². The van der Waals surface area contributed by atoms with E-state index in [4.69, 9.17) is 0 Å². The Kier molecular flexibility index (Phi) is 7.99. The Labute approximate surface area is 222 Å². The van der Waals surface area contributed by atoms with Gasteiger partial charge in [-0.2, -0.15) is 0 Å². The second kappa shape index (κ2) is 11.1. The number of aromatic nitrogens is 3. The first-order valence-corrected chi connectivity index (χ1v) is 13.0. The number of hydrogen-bond donors (Lipinski definition) is 1. The Balaban J connectivity index is 1.58. The Morgan fingerprint density at radius 1 is 1.03 bits per heavy atom. The summed E-state index contributed by atoms with van der Waals surface area (Å²) in [7, 11) is 0. The summed E-state index contributed by atoms with van der Waals surface area (Å²) in [6.45, 7) is 1.66. The molecule has 0 saturated heterocycles. The van der Waals surface area contributed by atoms with Gasteiger partial charge < -0.3 is 5.32 Å². The maximum absolute atomic E-state index is 12.8. The van der Waals surface area contributed by atoms with Gasteiger partial charge in [-0.3, -0.25) is 19.5 Å². The number of carbonyl (C=O) groups is 1. The highest BCUT2D eigenvalue weighted by atomic mass is 79.9. The van der Waals surface area contributed by atoms with Crippen molar-refractivity contribution < 1.29 is 9.72 Å². The van der Waals surface area contributed by atoms with Gasteiger partial charge in [-0.25, -0.2) is 0 Å². The molecule has 0 fully saturated rings. The van der Waals surface area contributed by atoms with Gasteiger partial charge in [-0.1, -0.05) is 61.8 Å². The van der Waals surface area contributed by atoms with Gasteiger partial charge in [0, 0.05) is 37.6 Å². The molecule has 1 aromatic heterocycles. The SMILES string of the molecule is Cc1c(C(=O)NCc2nnc(SCc3ccc(Br)cc3)n2-c2ccc(Br)cc2)cccc1[N+](=O)[O-]. The van der Waals surface area contributed by atoms with Gasteiger partial charge in [-0.15, -0.1) is 10.2 Å². The quantitative estimate of drug-likeness (QED) is 0.143. The zero-order valence-corrected chi connectivity index (χ0v) is 22.4. The number of hydrogen-bond acceptors (Lipinski definition) is 6. The van der Waals surface area contributed by atoms with Crippen LogP contribution in [0.25, 0.3) is 5.69 Å². The molecule has 0 aliphatic carbocycles. The molecule has 4 rings (SSSR count). The minimum atomic E-state index is -0.495. The number of amides is 1. The van der Waals surface area contributed by atoms with E-state index in [2.05, 4.69) is 47.4 Å². The molecule has 0 bridgehead atoms. The van der Waals surface area contributed by atoms with Gasteiger partial charge in [0.25, 0.3) is 11.6 Å². The molecule has 3 aromatic carbocycles. The van der Waals surface area contributed by atoms with Crippen LogP contribution in [0.15, 0.2) is 80.8 Å². The van der Waals surface area contributed by atoms with Crippen LogP contribution in [0, 0.1) is 17.0 Å². The maximum Gasteiger partial charge on any atom is 0.273 e. The number of thioether (sulfide) groups is 1. The van der Waals surface area contributed by atoms with E-state index in [0.717, 1.165) is 20.2 Å². The molecule has 8 nitrogen and oxygen atoms in total. The highest BCUT2D eigenvalue weighted by molar-refractivity contribution is 9.10. The van der Waals surface area contributed by atoms with Crippen molar-refractivity contribution in [2.45, 2.75) is 24.4 Å². The molecule has 0 aliphatic heterocycles. The molecule has 0 spiro atoms. The van der Waals surface area contributed by atoms with Gasteiger partial charge in [0.1, 0.15) is 0 Å². The van der Waals surface area contributed by atoms with E-state index in [0.29, 0.717) is 22.3 Å². The monoisotopic (exact) mass is 615 g/mol. The van der Waals surface area contributed by atoms with E-state index < -0.39 is 10.8 Å². The Bertz CT molecular complexity index is 1380. The van der Waals surface area contributed by atoms with Gasteiger partial charge in [0.15, 0.2) is 11.0 Å². The molecule has 35 heavy (non-hydrogen) atoms. The molecular weight excluding hydrogens is 598 g/mol. The van der Waals surface area contributed by atoms with Crippen molar-refractivity contribution >= 4 is 55.2 Å². The summed E-state index contributed by atoms with van der Waals surface area (Å²) < 4.78 is 3.85. The van der Waals surface area contributed by atoms with E-state index in [1.165, 1.54) is 23.9 Å². The lowest BCUT2D eigenvalue weighted by atomic mass is 10.1. The van der Waals surface area contributed by atoms with Crippen molar-refractivity contribution in [2.75, 3.05) is 0 Å². The molecule has 11 heteroatoms. The Morgan fingerprint density at radius 2 is 1.69 bits per heavy atom. The van der Waals surface area contributed by atoms with Crippen LogP contribution in [0.5, 0.6) is 0 Å². The molecule has 0 aliphatic rings. The lowest BCUT2D eigenvalue weighted by Gasteiger charge is -2.12. The fraction of sp³-hybridized carbons (Fsp3) is 0.125. The molecule has 1 heterocycles. The third-order valence-electron chi connectivity index (χ3n) is 5.22. The van der Waals surface area contributed by atoms with E-state index in [9.17, 15) is 14.9 Å². The van der Waals surface area contributed by atoms with Gasteiger partial charge in [0.05, 0.1) is 11.5 Å². The highest BCUT2D eigenvalue weighted by Gasteiger charge is 2.20. The third-order valence-corrected chi connectivity index (χ3v) is 7.28. The van der Waals surface area contributed by atoms with Crippen molar-refractivity contribution in [1.29, 1.82) is 0 Å². The standard InChI is InChI=1S/C24H19Br2N5O3S/c1-15-20(3-2-4-21(15)31(33)34)23(32)27-13-22-28-29-24(30(22)19-11-9-18(26)10-12-19)35-14-16-5-7-17(25)8-6-16/h2-12H,13-14H2,1H3,(H,27,32).